The van der Waals surface area contributed by atoms with Crippen LogP contribution in [0.3, 0.4) is 0 Å². The number of hydrogen-bond acceptors (Lipinski definition) is 0. The summed E-state index contributed by atoms with van der Waals surface area (Å²) < 4.78 is 83.0. The van der Waals surface area contributed by atoms with Crippen LogP contribution in [0.1, 0.15) is 22.3 Å². The average molecular weight is 332 g/mol. The van der Waals surface area contributed by atoms with Gasteiger partial charge in [0.2, 0.25) is 5.41 Å². The Hall–Kier alpha value is -1.98. The van der Waals surface area contributed by atoms with E-state index in [0.29, 0.717) is 5.56 Å². The van der Waals surface area contributed by atoms with Crippen LogP contribution in [0.25, 0.3) is 0 Å². The van der Waals surface area contributed by atoms with Crippen LogP contribution in [0.2, 0.25) is 0 Å². The van der Waals surface area contributed by atoms with Gasteiger partial charge < -0.3 is 0 Å². The number of benzene rings is 2. The van der Waals surface area contributed by atoms with Crippen molar-refractivity contribution in [1.29, 1.82) is 0 Å². The summed E-state index contributed by atoms with van der Waals surface area (Å²) in [5.74, 6) is 0. The summed E-state index contributed by atoms with van der Waals surface area (Å²) in [6, 6.07) is 9.20. The highest BCUT2D eigenvalue weighted by atomic mass is 19.4. The van der Waals surface area contributed by atoms with E-state index < -0.39 is 28.9 Å². The Bertz CT molecular complexity index is 683. The third-order valence-electron chi connectivity index (χ3n) is 3.85. The molecule has 0 radical (unpaired) electrons. The lowest BCUT2D eigenvalue weighted by atomic mass is 9.71. The van der Waals surface area contributed by atoms with E-state index in [9.17, 15) is 26.3 Å². The van der Waals surface area contributed by atoms with Crippen molar-refractivity contribution >= 4 is 0 Å². The fourth-order valence-electron chi connectivity index (χ4n) is 2.82. The second-order valence-electron chi connectivity index (χ2n) is 5.43. The SMILES string of the molecule is Cc1cccc(C(c2ccccc2C)(C(F)(F)F)C(F)(F)F)c1. The average Bonchev–Trinajstić information content (AvgIpc) is 2.38. The van der Waals surface area contributed by atoms with Crippen molar-refractivity contribution in [2.75, 3.05) is 0 Å². The monoisotopic (exact) mass is 332 g/mol. The molecular weight excluding hydrogens is 318 g/mol. The molecule has 0 N–H and O–H groups in total. The van der Waals surface area contributed by atoms with E-state index in [-0.39, 0.29) is 5.56 Å². The van der Waals surface area contributed by atoms with Crippen molar-refractivity contribution in [2.45, 2.75) is 31.6 Å². The second-order valence-corrected chi connectivity index (χ2v) is 5.43. The van der Waals surface area contributed by atoms with Gasteiger partial charge in [0.25, 0.3) is 0 Å². The summed E-state index contributed by atoms with van der Waals surface area (Å²) >= 11 is 0. The molecule has 0 nitrogen and oxygen atoms in total. The van der Waals surface area contributed by atoms with Crippen LogP contribution < -0.4 is 0 Å². The maximum atomic E-state index is 13.8. The smallest absolute Gasteiger partial charge is 0.169 e. The Kier molecular flexibility index (Phi) is 4.22. The number of rotatable bonds is 2. The van der Waals surface area contributed by atoms with E-state index >= 15 is 0 Å². The van der Waals surface area contributed by atoms with Gasteiger partial charge in [0.1, 0.15) is 0 Å². The van der Waals surface area contributed by atoms with Gasteiger partial charge >= 0.3 is 12.4 Å². The van der Waals surface area contributed by atoms with Crippen molar-refractivity contribution in [3.8, 4) is 0 Å². The largest absolute Gasteiger partial charge is 0.411 e. The standard InChI is InChI=1S/C17H14F6/c1-11-6-5-8-13(10-11)15(16(18,19)20,17(21,22)23)14-9-4-3-7-12(14)2/h3-10H,1-2H3. The van der Waals surface area contributed by atoms with E-state index in [0.717, 1.165) is 18.2 Å². The van der Waals surface area contributed by atoms with Crippen LogP contribution in [-0.2, 0) is 5.41 Å². The van der Waals surface area contributed by atoms with Crippen molar-refractivity contribution in [3.63, 3.8) is 0 Å². The minimum atomic E-state index is -5.54. The lowest BCUT2D eigenvalue weighted by Crippen LogP contribution is -2.55. The van der Waals surface area contributed by atoms with E-state index in [1.165, 1.54) is 44.2 Å². The van der Waals surface area contributed by atoms with Gasteiger partial charge in [-0.1, -0.05) is 54.1 Å². The fourth-order valence-corrected chi connectivity index (χ4v) is 2.82. The zero-order valence-corrected chi connectivity index (χ0v) is 12.4. The van der Waals surface area contributed by atoms with E-state index in [1.807, 2.05) is 0 Å². The third kappa shape index (κ3) is 2.71. The number of alkyl halides is 6. The molecule has 0 unspecified atom stereocenters. The van der Waals surface area contributed by atoms with Crippen LogP contribution in [0.5, 0.6) is 0 Å². The Morgan fingerprint density at radius 3 is 1.74 bits per heavy atom. The van der Waals surface area contributed by atoms with Gasteiger partial charge in [0.15, 0.2) is 0 Å². The van der Waals surface area contributed by atoms with Crippen LogP contribution in [0.4, 0.5) is 26.3 Å². The Balaban J connectivity index is 2.97. The summed E-state index contributed by atoms with van der Waals surface area (Å²) in [7, 11) is 0. The molecule has 6 heteroatoms. The first-order chi connectivity index (χ1) is 10.5. The van der Waals surface area contributed by atoms with Crippen LogP contribution in [0.15, 0.2) is 48.5 Å². The fraction of sp³-hybridized carbons (Fsp3) is 0.294. The molecule has 0 fully saturated rings. The highest BCUT2D eigenvalue weighted by molar-refractivity contribution is 5.48. The molecule has 0 bridgehead atoms. The van der Waals surface area contributed by atoms with Gasteiger partial charge in [0.05, 0.1) is 0 Å². The molecule has 2 aromatic rings. The first-order valence-electron chi connectivity index (χ1n) is 6.78. The predicted octanol–water partition coefficient (Wildman–Crippen LogP) is 5.71. The van der Waals surface area contributed by atoms with Gasteiger partial charge in [-0.05, 0) is 30.5 Å². The zero-order valence-electron chi connectivity index (χ0n) is 12.4. The minimum absolute atomic E-state index is 0.0661. The molecular formula is C17H14F6. The van der Waals surface area contributed by atoms with Crippen molar-refractivity contribution < 1.29 is 26.3 Å². The van der Waals surface area contributed by atoms with Crippen LogP contribution in [-0.4, -0.2) is 12.4 Å². The normalized spacial score (nSPS) is 13.2. The van der Waals surface area contributed by atoms with Crippen LogP contribution in [0, 0.1) is 13.8 Å². The first-order valence-corrected chi connectivity index (χ1v) is 6.78. The van der Waals surface area contributed by atoms with Crippen molar-refractivity contribution in [1.82, 2.24) is 0 Å². The summed E-state index contributed by atoms with van der Waals surface area (Å²) in [5.41, 5.74) is -5.42. The molecule has 0 aliphatic rings. The van der Waals surface area contributed by atoms with E-state index in [2.05, 4.69) is 0 Å². The van der Waals surface area contributed by atoms with Gasteiger partial charge in [-0.15, -0.1) is 0 Å². The van der Waals surface area contributed by atoms with E-state index in [1.54, 1.807) is 0 Å². The van der Waals surface area contributed by atoms with Crippen molar-refractivity contribution in [3.05, 3.63) is 70.8 Å². The lowest BCUT2D eigenvalue weighted by Gasteiger charge is -2.39. The maximum Gasteiger partial charge on any atom is 0.411 e. The molecule has 124 valence electrons. The summed E-state index contributed by atoms with van der Waals surface area (Å²) in [5, 5.41) is 0. The van der Waals surface area contributed by atoms with Crippen molar-refractivity contribution in [2.24, 2.45) is 0 Å². The molecule has 0 heterocycles. The molecule has 0 atom stereocenters. The van der Waals surface area contributed by atoms with Gasteiger partial charge in [-0.2, -0.15) is 26.3 Å². The number of aryl methyl sites for hydroxylation is 2. The molecule has 0 aromatic heterocycles. The molecule has 23 heavy (non-hydrogen) atoms. The van der Waals surface area contributed by atoms with E-state index in [4.69, 9.17) is 0 Å². The van der Waals surface area contributed by atoms with Gasteiger partial charge in [0, 0.05) is 0 Å². The van der Waals surface area contributed by atoms with Gasteiger partial charge in [-0.25, -0.2) is 0 Å². The Morgan fingerprint density at radius 1 is 0.696 bits per heavy atom. The predicted molar refractivity (Wildman–Crippen MR) is 75.2 cm³/mol. The maximum absolute atomic E-state index is 13.8. The highest BCUT2D eigenvalue weighted by Crippen LogP contribution is 2.56. The quantitative estimate of drug-likeness (QED) is 0.618. The minimum Gasteiger partial charge on any atom is -0.169 e. The van der Waals surface area contributed by atoms with Crippen LogP contribution >= 0.6 is 0 Å². The lowest BCUT2D eigenvalue weighted by molar-refractivity contribution is -0.288. The molecule has 0 aliphatic heterocycles. The first kappa shape index (κ1) is 17.4. The molecule has 0 amide bonds. The third-order valence-corrected chi connectivity index (χ3v) is 3.85. The molecule has 0 saturated heterocycles. The number of halogens is 6. The summed E-state index contributed by atoms with van der Waals surface area (Å²) in [6.45, 7) is 2.70. The highest BCUT2D eigenvalue weighted by Gasteiger charge is 2.72. The number of hydrogen-bond donors (Lipinski definition) is 0. The Morgan fingerprint density at radius 2 is 1.26 bits per heavy atom. The van der Waals surface area contributed by atoms with Gasteiger partial charge in [-0.3, -0.25) is 0 Å². The summed E-state index contributed by atoms with van der Waals surface area (Å²) in [6.07, 6.45) is -11.1. The molecule has 2 aromatic carbocycles. The molecule has 0 saturated carbocycles. The molecule has 0 spiro atoms. The second kappa shape index (κ2) is 5.58. The Labute approximate surface area is 129 Å². The molecule has 2 rings (SSSR count). The topological polar surface area (TPSA) is 0 Å². The zero-order chi connectivity index (χ0) is 17.5. The summed E-state index contributed by atoms with van der Waals surface area (Å²) in [4.78, 5) is 0. The molecule has 0 aliphatic carbocycles.